The molecule has 0 saturated carbocycles. The van der Waals surface area contributed by atoms with Crippen LogP contribution < -0.4 is 0 Å². The molecule has 3 N–H and O–H groups in total. The maximum absolute atomic E-state index is 13.9. The molecule has 0 heterocycles. The summed E-state index contributed by atoms with van der Waals surface area (Å²) in [6.45, 7) is -14.4. The first-order chi connectivity index (χ1) is 46.6. The summed E-state index contributed by atoms with van der Waals surface area (Å²) in [5.41, 5.74) is 0. The van der Waals surface area contributed by atoms with Crippen LogP contribution in [0, 0.1) is 0 Å². The zero-order valence-electron chi connectivity index (χ0n) is 86.2. The summed E-state index contributed by atoms with van der Waals surface area (Å²) < 4.78 is 534. The summed E-state index contributed by atoms with van der Waals surface area (Å²) in [6, 6.07) is 0. The topological polar surface area (TPSA) is 140 Å². The minimum atomic E-state index is -5.59. The lowest BCUT2D eigenvalue weighted by Crippen LogP contribution is -2.30. The molecule has 0 aliphatic rings. The van der Waals surface area contributed by atoms with E-state index < -0.39 is 250 Å². The Morgan fingerprint density at radius 3 is 1.40 bits per heavy atom. The van der Waals surface area contributed by atoms with Gasteiger partial charge < -0.3 is 29.1 Å². The maximum atomic E-state index is 13.9. The molecule has 3 atom stereocenters. The number of hydrogen-bond donors (Lipinski definition) is 3. The summed E-state index contributed by atoms with van der Waals surface area (Å²) in [4.78, 5) is 37.9. The van der Waals surface area contributed by atoms with Crippen molar-refractivity contribution < 1.29 is 128 Å². The van der Waals surface area contributed by atoms with Crippen molar-refractivity contribution in [2.45, 2.75) is 204 Å². The van der Waals surface area contributed by atoms with Crippen molar-refractivity contribution in [3.8, 4) is 0 Å². The molecule has 10 heteroatoms. The number of rotatable bonds is 37. The Hall–Kier alpha value is -0.990. The van der Waals surface area contributed by atoms with Crippen molar-refractivity contribution >= 4 is 19.5 Å². The predicted molar refractivity (Wildman–Crippen MR) is 195 cm³/mol. The van der Waals surface area contributed by atoms with Gasteiger partial charge in [-0.15, -0.1) is 0 Å². The molecule has 0 aromatic heterocycles. The molecule has 286 valence electrons. The lowest BCUT2D eigenvalue weighted by atomic mass is 10.0. The molecular formula is C38H75O9P. The van der Waals surface area contributed by atoms with Gasteiger partial charge in [-0.3, -0.25) is 14.2 Å². The third kappa shape index (κ3) is 33.5. The van der Waals surface area contributed by atoms with Crippen molar-refractivity contribution in [2.75, 3.05) is 26.0 Å². The molecule has 0 saturated heterocycles. The van der Waals surface area contributed by atoms with E-state index >= 15 is 0 Å². The predicted octanol–water partition coefficient (Wildman–Crippen LogP) is 9.96. The number of hydrogen-bond acceptors (Lipinski definition) is 8. The second-order valence-corrected chi connectivity index (χ2v) is 8.98. The van der Waals surface area contributed by atoms with Crippen molar-refractivity contribution in [3.63, 3.8) is 0 Å². The molecule has 0 aromatic rings. The van der Waals surface area contributed by atoms with E-state index in [9.17, 15) is 29.3 Å². The van der Waals surface area contributed by atoms with E-state index in [1.807, 2.05) is 0 Å². The Kier molecular flexibility index (Phi) is 6.12. The van der Waals surface area contributed by atoms with Gasteiger partial charge in [-0.05, 0) is 12.7 Å². The number of esters is 2. The quantitative estimate of drug-likeness (QED) is 0.0416. The molecule has 48 heavy (non-hydrogen) atoms. The van der Waals surface area contributed by atoms with Crippen LogP contribution in [-0.2, 0) is 28.2 Å². The summed E-state index contributed by atoms with van der Waals surface area (Å²) in [5.74, 6) is -6.25. The van der Waals surface area contributed by atoms with Gasteiger partial charge in [-0.2, -0.15) is 0 Å². The van der Waals surface area contributed by atoms with Gasteiger partial charge in [0.15, 0.2) is 6.10 Å². The standard InChI is InChI=1S/C38H75O9P/c1-3-5-7-9-11-13-15-17-19-21-23-25-27-29-37(41)45-32-36(33-46-48(43,44)34-35(40)31-39)47-38(42)30-28-26-24-22-20-18-16-14-12-10-8-6-4-2/h35-36,39-40H,3-34H2,1-2H3,(H,43,44)/t35-,36+/m0/s1/i1D3,2D3,3D2,4D2,5D2,6D2,7D2,8D2,9D2,10D2,11D2,12D2,13D2,14D2,15D2,16D2,17D2,18D2,19D2,20D2,21D2,22D2,23D2,24D2,25D2,26D2,27D2,28D2,29D2,30D2. The highest BCUT2D eigenvalue weighted by Gasteiger charge is 2.27. The van der Waals surface area contributed by atoms with Gasteiger partial charge in [0, 0.05) is 97.7 Å². The second-order valence-electron chi connectivity index (χ2n) is 7.08. The van der Waals surface area contributed by atoms with E-state index in [1.165, 1.54) is 0 Å². The van der Waals surface area contributed by atoms with Crippen LogP contribution in [0.1, 0.15) is 277 Å². The maximum Gasteiger partial charge on any atom is 0.330 e. The average Bonchev–Trinajstić information content (AvgIpc) is 0.681. The lowest BCUT2D eigenvalue weighted by molar-refractivity contribution is -0.161. The fourth-order valence-corrected chi connectivity index (χ4v) is 3.08. The first kappa shape index (κ1) is 8.53. The Balaban J connectivity index is 8.19. The molecule has 0 spiro atoms. The van der Waals surface area contributed by atoms with Gasteiger partial charge in [-0.25, -0.2) is 0 Å². The van der Waals surface area contributed by atoms with Crippen molar-refractivity contribution in [3.05, 3.63) is 0 Å². The summed E-state index contributed by atoms with van der Waals surface area (Å²) in [7, 11) is -5.59. The summed E-state index contributed by atoms with van der Waals surface area (Å²) >= 11 is 0. The monoisotopic (exact) mass is 769 g/mol. The molecule has 9 nitrogen and oxygen atoms in total. The van der Waals surface area contributed by atoms with E-state index in [4.69, 9.17) is 85.0 Å². The zero-order chi connectivity index (χ0) is 90.8. The van der Waals surface area contributed by atoms with Crippen LogP contribution in [0.4, 0.5) is 0 Å². The molecule has 0 aliphatic heterocycles. The lowest BCUT2D eigenvalue weighted by Gasteiger charge is -2.21. The van der Waals surface area contributed by atoms with Crippen LogP contribution in [-0.4, -0.2) is 65.2 Å². The first-order valence-electron chi connectivity index (χ1n) is 43.2. The molecule has 0 fully saturated rings. The van der Waals surface area contributed by atoms with E-state index in [2.05, 4.69) is 14.0 Å². The van der Waals surface area contributed by atoms with Crippen LogP contribution in [0.25, 0.3) is 0 Å². The molecule has 0 rings (SSSR count). The third-order valence-electron chi connectivity index (χ3n) is 3.62. The van der Waals surface area contributed by atoms with Gasteiger partial charge in [0.2, 0.25) is 0 Å². The smallest absolute Gasteiger partial charge is 0.330 e. The van der Waals surface area contributed by atoms with Crippen molar-refractivity contribution in [2.24, 2.45) is 0 Å². The van der Waals surface area contributed by atoms with Gasteiger partial charge in [0.25, 0.3) is 0 Å². The highest BCUT2D eigenvalue weighted by Crippen LogP contribution is 2.42. The number of ether oxygens (including phenoxy) is 2. The fourth-order valence-electron chi connectivity index (χ4n) is 1.93. The van der Waals surface area contributed by atoms with E-state index in [0.717, 1.165) is 0 Å². The van der Waals surface area contributed by atoms with Gasteiger partial charge in [-0.1, -0.05) is 167 Å². The summed E-state index contributed by atoms with van der Waals surface area (Å²) in [5, 5.41) is 19.0. The Labute approximate surface area is 381 Å². The van der Waals surface area contributed by atoms with Gasteiger partial charge >= 0.3 is 19.5 Å². The number of aliphatic hydroxyl groups is 2. The average molecular weight is 769 g/mol. The van der Waals surface area contributed by atoms with Crippen LogP contribution in [0.5, 0.6) is 0 Å². The highest BCUT2D eigenvalue weighted by molar-refractivity contribution is 7.52. The minimum Gasteiger partial charge on any atom is -0.462 e. The molecule has 0 aliphatic carbocycles. The Morgan fingerprint density at radius 1 is 0.625 bits per heavy atom. The molecule has 1 unspecified atom stereocenters. The van der Waals surface area contributed by atoms with Crippen LogP contribution >= 0.6 is 7.60 Å². The molecular weight excluding hydrogens is 631 g/mol. The van der Waals surface area contributed by atoms with Crippen LogP contribution in [0.2, 0.25) is 0 Å². The SMILES string of the molecule is [2H]C([2H])([2H])C([2H])([2H])C([2H])([2H])C([2H])([2H])C([2H])([2H])C([2H])([2H])C([2H])([2H])C([2H])([2H])C([2H])([2H])C([2H])([2H])C([2H])([2H])C([2H])([2H])C([2H])([2H])C([2H])([2H])C([2H])([2H])C(=O)OC[C@H](COP(=O)(O)C[C@@H](O)CO)OC(=O)C([2H])([2H])C([2H])([2H])C([2H])([2H])C([2H])([2H])C([2H])([2H])C([2H])([2H])C([2H])([2H])C([2H])([2H])C([2H])([2H])C([2H])([2H])C([2H])([2H])C([2H])([2H])C([2H])([2H])C([2H])([2H])C([2H])([2H])[2H]. The molecule has 0 radical (unpaired) electrons. The normalized spacial score (nSPS) is 42.1. The molecule has 0 aromatic carbocycles. The van der Waals surface area contributed by atoms with Crippen molar-refractivity contribution in [1.82, 2.24) is 0 Å². The Morgan fingerprint density at radius 2 is 1.00 bits per heavy atom. The van der Waals surface area contributed by atoms with Crippen molar-refractivity contribution in [1.29, 1.82) is 0 Å². The number of aliphatic hydroxyl groups excluding tert-OH is 2. The number of carbonyl (C=O) groups is 2. The van der Waals surface area contributed by atoms with E-state index in [0.29, 0.717) is 0 Å². The van der Waals surface area contributed by atoms with Gasteiger partial charge in [0.05, 0.1) is 25.5 Å². The highest BCUT2D eigenvalue weighted by atomic mass is 31.2. The Bertz CT molecular complexity index is 3340. The third-order valence-corrected chi connectivity index (χ3v) is 5.05. The minimum absolute atomic E-state index is 1.39. The van der Waals surface area contributed by atoms with Crippen LogP contribution in [0.3, 0.4) is 0 Å². The fraction of sp³-hybridized carbons (Fsp3) is 0.947. The molecule has 0 bridgehead atoms. The van der Waals surface area contributed by atoms with Gasteiger partial charge in [0.1, 0.15) is 6.61 Å². The second kappa shape index (κ2) is 34.5. The van der Waals surface area contributed by atoms with Crippen LogP contribution in [0.15, 0.2) is 0 Å². The first-order valence-corrected chi connectivity index (χ1v) is 14.0. The van der Waals surface area contributed by atoms with E-state index in [-0.39, 0.29) is 0 Å². The molecule has 0 amide bonds. The number of carbonyl (C=O) groups excluding carboxylic acids is 2. The zero-order valence-corrected chi connectivity index (χ0v) is 25.1. The van der Waals surface area contributed by atoms with E-state index in [1.54, 1.807) is 0 Å². The largest absolute Gasteiger partial charge is 0.462 e. The summed E-state index contributed by atoms with van der Waals surface area (Å²) in [6.07, 6.45) is -155.